The van der Waals surface area contributed by atoms with E-state index in [1.807, 2.05) is 6.92 Å². The fraction of sp³-hybridized carbons (Fsp3) is 0.333. The molecule has 0 radical (unpaired) electrons. The maximum absolute atomic E-state index is 5.25. The Kier molecular flexibility index (Phi) is 3.94. The van der Waals surface area contributed by atoms with Crippen molar-refractivity contribution in [3.8, 4) is 5.75 Å². The van der Waals surface area contributed by atoms with E-state index >= 15 is 0 Å². The van der Waals surface area contributed by atoms with E-state index < -0.39 is 0 Å². The van der Waals surface area contributed by atoms with Gasteiger partial charge in [0.25, 0.3) is 0 Å². The number of benzene rings is 1. The van der Waals surface area contributed by atoms with Crippen LogP contribution in [0.25, 0.3) is 6.08 Å². The maximum atomic E-state index is 5.25. The van der Waals surface area contributed by atoms with E-state index in [1.165, 1.54) is 22.3 Å². The Morgan fingerprint density at radius 1 is 1.19 bits per heavy atom. The molecule has 86 valence electrons. The molecule has 0 atom stereocenters. The summed E-state index contributed by atoms with van der Waals surface area (Å²) in [5.74, 6) is 0.917. The van der Waals surface area contributed by atoms with E-state index in [-0.39, 0.29) is 0 Å². The minimum atomic E-state index is 0.917. The molecule has 0 saturated heterocycles. The molecule has 0 aliphatic carbocycles. The molecule has 0 amide bonds. The molecule has 0 spiro atoms. The molecule has 1 aromatic rings. The van der Waals surface area contributed by atoms with Crippen LogP contribution >= 0.6 is 0 Å². The zero-order chi connectivity index (χ0) is 12.3. The Morgan fingerprint density at radius 2 is 1.69 bits per heavy atom. The minimum absolute atomic E-state index is 0.917. The van der Waals surface area contributed by atoms with Crippen molar-refractivity contribution in [3.63, 3.8) is 0 Å². The van der Waals surface area contributed by atoms with Gasteiger partial charge in [0.2, 0.25) is 0 Å². The summed E-state index contributed by atoms with van der Waals surface area (Å²) in [5.41, 5.74) is 6.06. The second kappa shape index (κ2) is 5.02. The van der Waals surface area contributed by atoms with Crippen molar-refractivity contribution in [3.05, 3.63) is 46.5 Å². The molecule has 1 nitrogen and oxygen atoms in total. The molecule has 16 heavy (non-hydrogen) atoms. The average molecular weight is 216 g/mol. The smallest absolute Gasteiger partial charge is 0.119 e. The molecular formula is C15H20O. The molecule has 0 bridgehead atoms. The lowest BCUT2D eigenvalue weighted by Crippen LogP contribution is -1.91. The maximum Gasteiger partial charge on any atom is 0.119 e. The standard InChI is InChI=1S/C15H20O/c1-10(2)11(3)9-15-12(4)7-14(16-6)8-13(15)5/h7-9H,1H2,2-6H3/b11-9-. The van der Waals surface area contributed by atoms with Crippen molar-refractivity contribution in [2.75, 3.05) is 7.11 Å². The number of ether oxygens (including phenoxy) is 1. The number of rotatable bonds is 3. The van der Waals surface area contributed by atoms with Crippen molar-refractivity contribution in [1.29, 1.82) is 0 Å². The number of methoxy groups -OCH3 is 1. The third-order valence-corrected chi connectivity index (χ3v) is 2.84. The van der Waals surface area contributed by atoms with Crippen LogP contribution in [0.3, 0.4) is 0 Å². The summed E-state index contributed by atoms with van der Waals surface area (Å²) in [5, 5.41) is 0. The zero-order valence-electron chi connectivity index (χ0n) is 10.8. The van der Waals surface area contributed by atoms with Crippen LogP contribution in [0.2, 0.25) is 0 Å². The average Bonchev–Trinajstić information content (AvgIpc) is 2.22. The lowest BCUT2D eigenvalue weighted by Gasteiger charge is -2.10. The van der Waals surface area contributed by atoms with Crippen LogP contribution in [0.1, 0.15) is 30.5 Å². The van der Waals surface area contributed by atoms with Gasteiger partial charge in [-0.25, -0.2) is 0 Å². The number of hydrogen-bond donors (Lipinski definition) is 0. The predicted molar refractivity (Wildman–Crippen MR) is 70.9 cm³/mol. The summed E-state index contributed by atoms with van der Waals surface area (Å²) in [7, 11) is 1.70. The SMILES string of the molecule is C=C(C)/C(C)=C\c1c(C)cc(OC)cc1C. The summed E-state index contributed by atoms with van der Waals surface area (Å²) >= 11 is 0. The highest BCUT2D eigenvalue weighted by atomic mass is 16.5. The summed E-state index contributed by atoms with van der Waals surface area (Å²) in [4.78, 5) is 0. The Balaban J connectivity index is 3.25. The molecule has 0 N–H and O–H groups in total. The van der Waals surface area contributed by atoms with E-state index in [0.717, 1.165) is 11.3 Å². The third-order valence-electron chi connectivity index (χ3n) is 2.84. The fourth-order valence-corrected chi connectivity index (χ4v) is 1.62. The number of allylic oxidation sites excluding steroid dienone is 2. The van der Waals surface area contributed by atoms with Gasteiger partial charge in [0, 0.05) is 0 Å². The molecule has 1 aromatic carbocycles. The van der Waals surface area contributed by atoms with E-state index in [2.05, 4.69) is 45.6 Å². The van der Waals surface area contributed by atoms with Crippen LogP contribution in [-0.2, 0) is 0 Å². The van der Waals surface area contributed by atoms with Gasteiger partial charge in [-0.05, 0) is 62.1 Å². The van der Waals surface area contributed by atoms with E-state index in [4.69, 9.17) is 4.74 Å². The van der Waals surface area contributed by atoms with Crippen LogP contribution in [0, 0.1) is 13.8 Å². The molecular weight excluding hydrogens is 196 g/mol. The van der Waals surface area contributed by atoms with E-state index in [1.54, 1.807) is 7.11 Å². The van der Waals surface area contributed by atoms with Crippen LogP contribution in [-0.4, -0.2) is 7.11 Å². The summed E-state index contributed by atoms with van der Waals surface area (Å²) in [6.07, 6.45) is 2.19. The van der Waals surface area contributed by atoms with Gasteiger partial charge in [-0.2, -0.15) is 0 Å². The van der Waals surface area contributed by atoms with Crippen molar-refractivity contribution < 1.29 is 4.74 Å². The first-order valence-corrected chi connectivity index (χ1v) is 5.45. The van der Waals surface area contributed by atoms with Gasteiger partial charge in [0.1, 0.15) is 5.75 Å². The minimum Gasteiger partial charge on any atom is -0.497 e. The van der Waals surface area contributed by atoms with Crippen molar-refractivity contribution in [2.45, 2.75) is 27.7 Å². The summed E-state index contributed by atoms with van der Waals surface area (Å²) < 4.78 is 5.25. The lowest BCUT2D eigenvalue weighted by molar-refractivity contribution is 0.414. The Bertz CT molecular complexity index is 416. The Labute approximate surface area is 98.5 Å². The zero-order valence-corrected chi connectivity index (χ0v) is 10.8. The number of hydrogen-bond acceptors (Lipinski definition) is 1. The van der Waals surface area contributed by atoms with Gasteiger partial charge < -0.3 is 4.74 Å². The second-order valence-electron chi connectivity index (χ2n) is 4.28. The van der Waals surface area contributed by atoms with Gasteiger partial charge in [0.15, 0.2) is 0 Å². The summed E-state index contributed by atoms with van der Waals surface area (Å²) in [6, 6.07) is 4.12. The highest BCUT2D eigenvalue weighted by Gasteiger charge is 2.03. The van der Waals surface area contributed by atoms with Gasteiger partial charge >= 0.3 is 0 Å². The van der Waals surface area contributed by atoms with E-state index in [0.29, 0.717) is 0 Å². The second-order valence-corrected chi connectivity index (χ2v) is 4.28. The van der Waals surface area contributed by atoms with Crippen molar-refractivity contribution in [1.82, 2.24) is 0 Å². The largest absolute Gasteiger partial charge is 0.497 e. The molecule has 0 unspecified atom stereocenters. The highest BCUT2D eigenvalue weighted by molar-refractivity contribution is 5.64. The Hall–Kier alpha value is -1.50. The first kappa shape index (κ1) is 12.6. The molecule has 0 saturated carbocycles. The van der Waals surface area contributed by atoms with Gasteiger partial charge in [-0.3, -0.25) is 0 Å². The fourth-order valence-electron chi connectivity index (χ4n) is 1.62. The molecule has 0 fully saturated rings. The topological polar surface area (TPSA) is 9.23 Å². The van der Waals surface area contributed by atoms with Gasteiger partial charge in [-0.15, -0.1) is 0 Å². The predicted octanol–water partition coefficient (Wildman–Crippen LogP) is 4.29. The Morgan fingerprint density at radius 3 is 2.06 bits per heavy atom. The lowest BCUT2D eigenvalue weighted by atomic mass is 9.98. The quantitative estimate of drug-likeness (QED) is 0.685. The molecule has 0 heterocycles. The van der Waals surface area contributed by atoms with Crippen LogP contribution in [0.5, 0.6) is 5.75 Å². The number of aryl methyl sites for hydroxylation is 2. The highest BCUT2D eigenvalue weighted by Crippen LogP contribution is 2.24. The molecule has 0 aliphatic rings. The first-order chi connectivity index (χ1) is 7.45. The van der Waals surface area contributed by atoms with Crippen LogP contribution in [0.4, 0.5) is 0 Å². The van der Waals surface area contributed by atoms with Gasteiger partial charge in [-0.1, -0.05) is 18.2 Å². The molecule has 1 rings (SSSR count). The monoisotopic (exact) mass is 216 g/mol. The van der Waals surface area contributed by atoms with Crippen LogP contribution < -0.4 is 4.74 Å². The summed E-state index contributed by atoms with van der Waals surface area (Å²) in [6.45, 7) is 12.3. The van der Waals surface area contributed by atoms with Crippen LogP contribution in [0.15, 0.2) is 29.9 Å². The molecule has 0 aromatic heterocycles. The molecule has 1 heteroatoms. The van der Waals surface area contributed by atoms with Crippen molar-refractivity contribution in [2.24, 2.45) is 0 Å². The van der Waals surface area contributed by atoms with Crippen molar-refractivity contribution >= 4 is 6.08 Å². The first-order valence-electron chi connectivity index (χ1n) is 5.45. The van der Waals surface area contributed by atoms with Gasteiger partial charge in [0.05, 0.1) is 7.11 Å². The molecule has 0 aliphatic heterocycles. The normalized spacial score (nSPS) is 11.4. The van der Waals surface area contributed by atoms with E-state index in [9.17, 15) is 0 Å². The third kappa shape index (κ3) is 2.75.